The SMILES string of the molecule is C[C@@]1(Cc2ccc(Cl)cc2)Cc2cc(C(=O)N(CCC(=O)O)Cc3cccc(Cl)c3)ccc2O1. The van der Waals surface area contributed by atoms with Crippen molar-refractivity contribution in [3.05, 3.63) is 99.0 Å². The zero-order valence-electron chi connectivity index (χ0n) is 18.8. The van der Waals surface area contributed by atoms with Crippen molar-refractivity contribution in [3.8, 4) is 5.75 Å². The molecule has 1 heterocycles. The summed E-state index contributed by atoms with van der Waals surface area (Å²) in [5, 5.41) is 10.4. The second-order valence-corrected chi connectivity index (χ2v) is 9.73. The van der Waals surface area contributed by atoms with Crippen LogP contribution < -0.4 is 4.74 Å². The van der Waals surface area contributed by atoms with Gasteiger partial charge in [-0.3, -0.25) is 9.59 Å². The molecule has 7 heteroatoms. The number of halogens is 2. The molecule has 1 aliphatic heterocycles. The minimum atomic E-state index is -0.954. The van der Waals surface area contributed by atoms with Crippen LogP contribution in [-0.4, -0.2) is 34.0 Å². The van der Waals surface area contributed by atoms with Gasteiger partial charge in [0.25, 0.3) is 5.91 Å². The lowest BCUT2D eigenvalue weighted by Gasteiger charge is -2.24. The predicted octanol–water partition coefficient (Wildman–Crippen LogP) is 6.05. The molecule has 0 aliphatic carbocycles. The highest BCUT2D eigenvalue weighted by atomic mass is 35.5. The van der Waals surface area contributed by atoms with Crippen molar-refractivity contribution in [2.24, 2.45) is 0 Å². The first-order valence-corrected chi connectivity index (χ1v) is 11.8. The van der Waals surface area contributed by atoms with Crippen LogP contribution in [0, 0.1) is 0 Å². The number of nitrogens with zero attached hydrogens (tertiary/aromatic N) is 1. The standard InChI is InChI=1S/C27H25Cl2NO4/c1-27(15-18-5-8-22(28)9-6-18)16-21-14-20(7-10-24(21)34-27)26(33)30(12-11-25(31)32)17-19-3-2-4-23(29)13-19/h2-10,13-14H,11-12,15-17H2,1H3,(H,31,32)/t27-/m1/s1. The van der Waals surface area contributed by atoms with Crippen LogP contribution in [0.5, 0.6) is 5.75 Å². The first kappa shape index (κ1) is 24.1. The summed E-state index contributed by atoms with van der Waals surface area (Å²) < 4.78 is 6.26. The van der Waals surface area contributed by atoms with Gasteiger partial charge in [0.2, 0.25) is 0 Å². The molecule has 0 saturated heterocycles. The Kier molecular flexibility index (Phi) is 7.15. The molecule has 0 radical (unpaired) electrons. The van der Waals surface area contributed by atoms with Gasteiger partial charge in [0.1, 0.15) is 11.4 Å². The summed E-state index contributed by atoms with van der Waals surface area (Å²) in [7, 11) is 0. The van der Waals surface area contributed by atoms with E-state index in [0.29, 0.717) is 28.5 Å². The highest BCUT2D eigenvalue weighted by Crippen LogP contribution is 2.38. The van der Waals surface area contributed by atoms with Crippen molar-refractivity contribution in [2.75, 3.05) is 6.54 Å². The number of fused-ring (bicyclic) bond motifs is 1. The topological polar surface area (TPSA) is 66.8 Å². The monoisotopic (exact) mass is 497 g/mol. The van der Waals surface area contributed by atoms with Crippen molar-refractivity contribution < 1.29 is 19.4 Å². The molecule has 3 aromatic rings. The van der Waals surface area contributed by atoms with Crippen LogP contribution in [0.25, 0.3) is 0 Å². The average Bonchev–Trinajstić information content (AvgIpc) is 3.12. The smallest absolute Gasteiger partial charge is 0.305 e. The van der Waals surface area contributed by atoms with E-state index in [1.54, 1.807) is 23.1 Å². The lowest BCUT2D eigenvalue weighted by molar-refractivity contribution is -0.137. The lowest BCUT2D eigenvalue weighted by Crippen LogP contribution is -2.33. The minimum Gasteiger partial charge on any atom is -0.487 e. The van der Waals surface area contributed by atoms with Crippen LogP contribution in [0.1, 0.15) is 40.4 Å². The van der Waals surface area contributed by atoms with Gasteiger partial charge in [-0.2, -0.15) is 0 Å². The third-order valence-corrected chi connectivity index (χ3v) is 6.35. The first-order chi connectivity index (χ1) is 16.2. The average molecular weight is 498 g/mol. The number of aliphatic carboxylic acids is 1. The molecule has 1 aliphatic rings. The number of hydrogen-bond acceptors (Lipinski definition) is 3. The van der Waals surface area contributed by atoms with Gasteiger partial charge in [0.15, 0.2) is 0 Å². The van der Waals surface area contributed by atoms with E-state index in [1.807, 2.05) is 48.5 Å². The number of benzene rings is 3. The number of hydrogen-bond donors (Lipinski definition) is 1. The van der Waals surface area contributed by atoms with Crippen molar-refractivity contribution in [2.45, 2.75) is 38.3 Å². The normalized spacial score (nSPS) is 16.6. The van der Waals surface area contributed by atoms with Gasteiger partial charge in [-0.15, -0.1) is 0 Å². The van der Waals surface area contributed by atoms with E-state index in [4.69, 9.17) is 33.0 Å². The molecule has 1 atom stereocenters. The highest BCUT2D eigenvalue weighted by molar-refractivity contribution is 6.30. The van der Waals surface area contributed by atoms with Crippen LogP contribution in [-0.2, 0) is 24.2 Å². The Bertz CT molecular complexity index is 1210. The summed E-state index contributed by atoms with van der Waals surface area (Å²) in [5.74, 6) is -0.417. The van der Waals surface area contributed by atoms with Crippen molar-refractivity contribution in [1.29, 1.82) is 0 Å². The fraction of sp³-hybridized carbons (Fsp3) is 0.259. The van der Waals surface area contributed by atoms with Crippen LogP contribution in [0.4, 0.5) is 0 Å². The quantitative estimate of drug-likeness (QED) is 0.411. The maximum absolute atomic E-state index is 13.4. The third-order valence-electron chi connectivity index (χ3n) is 5.86. The van der Waals surface area contributed by atoms with Crippen LogP contribution in [0.15, 0.2) is 66.7 Å². The number of rotatable bonds is 8. The van der Waals surface area contributed by atoms with Crippen LogP contribution in [0.3, 0.4) is 0 Å². The number of carboxylic acids is 1. The Balaban J connectivity index is 1.52. The maximum Gasteiger partial charge on any atom is 0.305 e. The van der Waals surface area contributed by atoms with Crippen molar-refractivity contribution in [1.82, 2.24) is 4.90 Å². The Morgan fingerprint density at radius 2 is 1.76 bits per heavy atom. The molecule has 0 aromatic heterocycles. The van der Waals surface area contributed by atoms with Crippen molar-refractivity contribution in [3.63, 3.8) is 0 Å². The molecular formula is C27H25Cl2NO4. The van der Waals surface area contributed by atoms with E-state index in [2.05, 4.69) is 6.92 Å². The minimum absolute atomic E-state index is 0.0997. The van der Waals surface area contributed by atoms with E-state index in [-0.39, 0.29) is 25.4 Å². The molecule has 0 spiro atoms. The van der Waals surface area contributed by atoms with Gasteiger partial charge in [-0.25, -0.2) is 0 Å². The summed E-state index contributed by atoms with van der Waals surface area (Å²) in [6, 6.07) is 20.3. The van der Waals surface area contributed by atoms with E-state index >= 15 is 0 Å². The molecule has 34 heavy (non-hydrogen) atoms. The van der Waals surface area contributed by atoms with Gasteiger partial charge in [0.05, 0.1) is 6.42 Å². The zero-order valence-corrected chi connectivity index (χ0v) is 20.3. The largest absolute Gasteiger partial charge is 0.487 e. The van der Waals surface area contributed by atoms with E-state index in [1.165, 1.54) is 0 Å². The molecule has 0 saturated carbocycles. The molecular weight excluding hydrogens is 473 g/mol. The first-order valence-electron chi connectivity index (χ1n) is 11.0. The number of ether oxygens (including phenoxy) is 1. The Hall–Kier alpha value is -3.02. The van der Waals surface area contributed by atoms with E-state index in [0.717, 1.165) is 22.4 Å². The van der Waals surface area contributed by atoms with Crippen LogP contribution in [0.2, 0.25) is 10.0 Å². The molecule has 0 unspecified atom stereocenters. The molecule has 176 valence electrons. The van der Waals surface area contributed by atoms with E-state index in [9.17, 15) is 9.59 Å². The fourth-order valence-corrected chi connectivity index (χ4v) is 4.65. The number of carbonyl (C=O) groups excluding carboxylic acids is 1. The molecule has 5 nitrogen and oxygen atoms in total. The predicted molar refractivity (Wildman–Crippen MR) is 133 cm³/mol. The molecule has 4 rings (SSSR count). The van der Waals surface area contributed by atoms with Crippen molar-refractivity contribution >= 4 is 35.1 Å². The van der Waals surface area contributed by atoms with Crippen LogP contribution >= 0.6 is 23.2 Å². The third kappa shape index (κ3) is 5.91. The summed E-state index contributed by atoms with van der Waals surface area (Å²) in [6.07, 6.45) is 1.23. The van der Waals surface area contributed by atoms with Gasteiger partial charge in [0, 0.05) is 41.5 Å². The second-order valence-electron chi connectivity index (χ2n) is 8.85. The summed E-state index contributed by atoms with van der Waals surface area (Å²) in [4.78, 5) is 26.1. The maximum atomic E-state index is 13.4. The molecule has 1 N–H and O–H groups in total. The van der Waals surface area contributed by atoms with Gasteiger partial charge in [-0.1, -0.05) is 47.5 Å². The van der Waals surface area contributed by atoms with Gasteiger partial charge < -0.3 is 14.7 Å². The Morgan fingerprint density at radius 3 is 2.47 bits per heavy atom. The van der Waals surface area contributed by atoms with Gasteiger partial charge in [-0.05, 0) is 66.1 Å². The molecule has 0 fully saturated rings. The molecule has 0 bridgehead atoms. The number of amides is 1. The fourth-order valence-electron chi connectivity index (χ4n) is 4.31. The Labute approximate surface area is 208 Å². The number of carboxylic acid groups (broad SMARTS) is 1. The molecule has 3 aromatic carbocycles. The summed E-state index contributed by atoms with van der Waals surface area (Å²) in [6.45, 7) is 2.43. The summed E-state index contributed by atoms with van der Waals surface area (Å²) in [5.41, 5.74) is 3.00. The van der Waals surface area contributed by atoms with E-state index < -0.39 is 11.6 Å². The number of carbonyl (C=O) groups is 2. The zero-order chi connectivity index (χ0) is 24.3. The van der Waals surface area contributed by atoms with Gasteiger partial charge >= 0.3 is 5.97 Å². The molecule has 1 amide bonds. The lowest BCUT2D eigenvalue weighted by atomic mass is 9.91. The second kappa shape index (κ2) is 10.1. The highest BCUT2D eigenvalue weighted by Gasteiger charge is 2.35. The summed E-state index contributed by atoms with van der Waals surface area (Å²) >= 11 is 12.1. The Morgan fingerprint density at radius 1 is 1.00 bits per heavy atom.